The number of nitrogens with zero attached hydrogens (tertiary/aromatic N) is 1. The van der Waals surface area contributed by atoms with Gasteiger partial charge in [-0.15, -0.1) is 0 Å². The molecule has 1 aliphatic heterocycles. The molecular weight excluding hydrogens is 308 g/mol. The smallest absolute Gasteiger partial charge is 0.161 e. The van der Waals surface area contributed by atoms with E-state index in [-0.39, 0.29) is 0 Å². The number of hydrogen-bond acceptors (Lipinski definition) is 3. The van der Waals surface area contributed by atoms with Gasteiger partial charge in [-0.1, -0.05) is 39.3 Å². The van der Waals surface area contributed by atoms with E-state index in [0.29, 0.717) is 11.3 Å². The molecule has 0 aromatic heterocycles. The van der Waals surface area contributed by atoms with Gasteiger partial charge in [-0.2, -0.15) is 0 Å². The molecule has 2 unspecified atom stereocenters. The topological polar surface area (TPSA) is 24.4 Å². The minimum atomic E-state index is 0.360. The lowest BCUT2D eigenvalue weighted by Gasteiger charge is -2.08. The lowest BCUT2D eigenvalue weighted by atomic mass is 10.3. The van der Waals surface area contributed by atoms with Gasteiger partial charge in [0.2, 0.25) is 0 Å². The number of benzene rings is 1. The Balaban J connectivity index is 2.01. The maximum absolute atomic E-state index is 5.83. The Hall–Kier alpha value is -0.190. The number of alkyl halides is 1. The molecule has 0 radical (unpaired) electrons. The molecule has 1 aromatic rings. The molecule has 0 spiro atoms. The summed E-state index contributed by atoms with van der Waals surface area (Å²) in [6, 6.07) is 8.01. The van der Waals surface area contributed by atoms with Gasteiger partial charge < -0.3 is 5.32 Å². The number of hydrogen-bond donors (Lipinski definition) is 1. The highest BCUT2D eigenvalue weighted by atomic mass is 79.9. The molecule has 16 heavy (non-hydrogen) atoms. The molecule has 2 rings (SSSR count). The lowest BCUT2D eigenvalue weighted by molar-refractivity contribution is 0.758. The number of aliphatic imine (C=N–C) groups is 1. The monoisotopic (exact) mass is 318 g/mol. The maximum Gasteiger partial charge on any atom is 0.161 e. The van der Waals surface area contributed by atoms with Gasteiger partial charge in [-0.25, -0.2) is 0 Å². The van der Waals surface area contributed by atoms with Crippen molar-refractivity contribution < 1.29 is 0 Å². The predicted octanol–water partition coefficient (Wildman–Crippen LogP) is 4.01. The molecule has 0 fully saturated rings. The largest absolute Gasteiger partial charge is 0.335 e. The molecule has 1 heterocycles. The normalized spacial score (nSPS) is 24.3. The van der Waals surface area contributed by atoms with Crippen molar-refractivity contribution in [1.29, 1.82) is 0 Å². The van der Waals surface area contributed by atoms with Crippen LogP contribution in [0.1, 0.15) is 6.92 Å². The fraction of sp³-hybridized carbons (Fsp3) is 0.364. The molecule has 86 valence electrons. The molecule has 0 aliphatic carbocycles. The van der Waals surface area contributed by atoms with E-state index in [9.17, 15) is 0 Å². The Labute approximate surface area is 113 Å². The molecule has 2 atom stereocenters. The fourth-order valence-electron chi connectivity index (χ4n) is 1.42. The summed E-state index contributed by atoms with van der Waals surface area (Å²) in [7, 11) is 0. The van der Waals surface area contributed by atoms with Crippen LogP contribution in [0, 0.1) is 0 Å². The summed E-state index contributed by atoms with van der Waals surface area (Å²) in [5.74, 6) is 0. The summed E-state index contributed by atoms with van der Waals surface area (Å²) in [4.78, 5) is 4.56. The molecule has 2 nitrogen and oxygen atoms in total. The quantitative estimate of drug-likeness (QED) is 0.833. The summed E-state index contributed by atoms with van der Waals surface area (Å²) in [5.41, 5.74) is 1.03. The van der Waals surface area contributed by atoms with Gasteiger partial charge in [-0.05, 0) is 31.2 Å². The summed E-state index contributed by atoms with van der Waals surface area (Å²) in [5, 5.41) is 6.52. The first-order valence-electron chi connectivity index (χ1n) is 5.02. The molecule has 0 saturated carbocycles. The van der Waals surface area contributed by atoms with Gasteiger partial charge in [0.25, 0.3) is 0 Å². The van der Waals surface area contributed by atoms with Crippen LogP contribution in [0.15, 0.2) is 29.3 Å². The third kappa shape index (κ3) is 2.93. The second-order valence-corrected chi connectivity index (χ2v) is 5.93. The Bertz CT molecular complexity index is 393. The Morgan fingerprint density at radius 3 is 2.69 bits per heavy atom. The van der Waals surface area contributed by atoms with Gasteiger partial charge in [0.15, 0.2) is 5.17 Å². The average molecular weight is 320 g/mol. The van der Waals surface area contributed by atoms with E-state index in [1.807, 2.05) is 24.3 Å². The summed E-state index contributed by atoms with van der Waals surface area (Å²) >= 11 is 11.1. The standard InChI is InChI=1S/C11H12BrClN2S/c1-7-10(6-12)16-11(14-7)15-9-4-2-8(13)3-5-9/h2-5,7,10H,6H2,1H3,(H,14,15). The lowest BCUT2D eigenvalue weighted by Crippen LogP contribution is -2.14. The number of anilines is 1. The molecule has 1 aromatic carbocycles. The van der Waals surface area contributed by atoms with Crippen LogP contribution in [0.2, 0.25) is 5.02 Å². The molecule has 1 aliphatic rings. The summed E-state index contributed by atoms with van der Waals surface area (Å²) in [6.45, 7) is 2.13. The van der Waals surface area contributed by atoms with Crippen LogP contribution >= 0.6 is 39.3 Å². The van der Waals surface area contributed by atoms with Gasteiger partial charge in [0.1, 0.15) is 0 Å². The average Bonchev–Trinajstić information content (AvgIpc) is 2.62. The van der Waals surface area contributed by atoms with Crippen LogP contribution in [-0.4, -0.2) is 21.8 Å². The molecule has 0 bridgehead atoms. The third-order valence-corrected chi connectivity index (χ3v) is 5.04. The first-order chi connectivity index (χ1) is 7.69. The predicted molar refractivity (Wildman–Crippen MR) is 77.1 cm³/mol. The molecule has 0 saturated heterocycles. The van der Waals surface area contributed by atoms with Crippen LogP contribution < -0.4 is 5.32 Å². The second kappa shape index (κ2) is 5.43. The fourth-order valence-corrected chi connectivity index (χ4v) is 3.49. The Morgan fingerprint density at radius 2 is 2.12 bits per heavy atom. The number of nitrogens with one attached hydrogen (secondary N) is 1. The number of rotatable bonds is 2. The Kier molecular flexibility index (Phi) is 4.16. The summed E-state index contributed by atoms with van der Waals surface area (Å²) < 4.78 is 0. The summed E-state index contributed by atoms with van der Waals surface area (Å²) in [6.07, 6.45) is 0. The number of amidine groups is 1. The minimum absolute atomic E-state index is 0.360. The van der Waals surface area contributed by atoms with E-state index in [4.69, 9.17) is 11.6 Å². The van der Waals surface area contributed by atoms with Crippen molar-refractivity contribution >= 4 is 50.1 Å². The molecule has 1 N–H and O–H groups in total. The van der Waals surface area contributed by atoms with Gasteiger partial charge in [0, 0.05) is 21.3 Å². The maximum atomic E-state index is 5.83. The van der Waals surface area contributed by atoms with Crippen molar-refractivity contribution in [3.05, 3.63) is 29.3 Å². The van der Waals surface area contributed by atoms with Crippen LogP contribution in [-0.2, 0) is 0 Å². The molecular formula is C11H12BrClN2S. The van der Waals surface area contributed by atoms with E-state index in [1.165, 1.54) is 0 Å². The number of thioether (sulfide) groups is 1. The van der Waals surface area contributed by atoms with E-state index >= 15 is 0 Å². The SMILES string of the molecule is CC1N=C(Nc2ccc(Cl)cc2)SC1CBr. The first-order valence-corrected chi connectivity index (χ1v) is 7.40. The van der Waals surface area contributed by atoms with Crippen LogP contribution in [0.25, 0.3) is 0 Å². The van der Waals surface area contributed by atoms with Crippen LogP contribution in [0.4, 0.5) is 5.69 Å². The van der Waals surface area contributed by atoms with E-state index < -0.39 is 0 Å². The Morgan fingerprint density at radius 1 is 1.44 bits per heavy atom. The van der Waals surface area contributed by atoms with Gasteiger partial charge >= 0.3 is 0 Å². The van der Waals surface area contributed by atoms with Crippen molar-refractivity contribution in [2.24, 2.45) is 4.99 Å². The van der Waals surface area contributed by atoms with Crippen molar-refractivity contribution in [2.45, 2.75) is 18.2 Å². The highest BCUT2D eigenvalue weighted by Gasteiger charge is 2.25. The van der Waals surface area contributed by atoms with E-state index in [0.717, 1.165) is 21.2 Å². The van der Waals surface area contributed by atoms with Crippen LogP contribution in [0.3, 0.4) is 0 Å². The second-order valence-electron chi connectivity index (χ2n) is 3.62. The van der Waals surface area contributed by atoms with Gasteiger partial charge in [-0.3, -0.25) is 4.99 Å². The molecule has 0 amide bonds. The van der Waals surface area contributed by atoms with Crippen molar-refractivity contribution in [3.63, 3.8) is 0 Å². The van der Waals surface area contributed by atoms with Crippen LogP contribution in [0.5, 0.6) is 0 Å². The highest BCUT2D eigenvalue weighted by Crippen LogP contribution is 2.29. The van der Waals surface area contributed by atoms with E-state index in [2.05, 4.69) is 33.2 Å². The third-order valence-electron chi connectivity index (χ3n) is 2.37. The minimum Gasteiger partial charge on any atom is -0.335 e. The zero-order chi connectivity index (χ0) is 11.5. The van der Waals surface area contributed by atoms with Crippen molar-refractivity contribution in [2.75, 3.05) is 10.6 Å². The zero-order valence-electron chi connectivity index (χ0n) is 8.78. The van der Waals surface area contributed by atoms with Gasteiger partial charge in [0.05, 0.1) is 6.04 Å². The van der Waals surface area contributed by atoms with Crippen molar-refractivity contribution in [3.8, 4) is 0 Å². The first kappa shape index (κ1) is 12.3. The highest BCUT2D eigenvalue weighted by molar-refractivity contribution is 9.09. The zero-order valence-corrected chi connectivity index (χ0v) is 11.9. The number of halogens is 2. The van der Waals surface area contributed by atoms with E-state index in [1.54, 1.807) is 11.8 Å². The van der Waals surface area contributed by atoms with Crippen molar-refractivity contribution in [1.82, 2.24) is 0 Å². The molecule has 5 heteroatoms.